The lowest BCUT2D eigenvalue weighted by Crippen LogP contribution is -2.15. The first kappa shape index (κ1) is 16.2. The number of Topliss-reactive ketones (excluding diaryl/α,β-unsaturated/α-hetero) is 1. The largest absolute Gasteiger partial charge is 0.454 e. The Kier molecular flexibility index (Phi) is 4.93. The van der Waals surface area contributed by atoms with E-state index in [1.165, 1.54) is 18.3 Å². The number of carbonyl (C=O) groups excluding carboxylic acids is 2. The fourth-order valence-corrected chi connectivity index (χ4v) is 2.26. The lowest BCUT2D eigenvalue weighted by atomic mass is 9.98. The molecule has 1 heterocycles. The number of hydrogen-bond acceptors (Lipinski definition) is 4. The molecule has 0 fully saturated rings. The normalized spacial score (nSPS) is 10.4. The number of rotatable bonds is 4. The fourth-order valence-electron chi connectivity index (χ4n) is 2.08. The van der Waals surface area contributed by atoms with Crippen LogP contribution in [0.3, 0.4) is 0 Å². The number of esters is 1. The van der Waals surface area contributed by atoms with Crippen molar-refractivity contribution in [2.75, 3.05) is 6.61 Å². The average molecular weight is 318 g/mol. The van der Waals surface area contributed by atoms with Crippen molar-refractivity contribution >= 4 is 23.4 Å². The van der Waals surface area contributed by atoms with Crippen molar-refractivity contribution < 1.29 is 14.3 Å². The number of carbonyl (C=O) groups is 2. The van der Waals surface area contributed by atoms with Gasteiger partial charge in [0.05, 0.1) is 5.56 Å². The van der Waals surface area contributed by atoms with Crippen LogP contribution in [-0.2, 0) is 4.74 Å². The lowest BCUT2D eigenvalue weighted by Gasteiger charge is -2.09. The van der Waals surface area contributed by atoms with Crippen LogP contribution in [0.25, 0.3) is 0 Å². The second kappa shape index (κ2) is 6.71. The monoisotopic (exact) mass is 317 g/mol. The molecule has 0 N–H and O–H groups in total. The van der Waals surface area contributed by atoms with Crippen LogP contribution in [0.15, 0.2) is 30.5 Å². The summed E-state index contributed by atoms with van der Waals surface area (Å²) in [5.41, 5.74) is 3.86. The van der Waals surface area contributed by atoms with Crippen molar-refractivity contribution in [3.8, 4) is 0 Å². The molecule has 0 aliphatic carbocycles. The summed E-state index contributed by atoms with van der Waals surface area (Å²) in [4.78, 5) is 27.9. The molecule has 5 heteroatoms. The van der Waals surface area contributed by atoms with Crippen LogP contribution in [0.4, 0.5) is 0 Å². The van der Waals surface area contributed by atoms with Gasteiger partial charge in [-0.15, -0.1) is 0 Å². The third-order valence-electron chi connectivity index (χ3n) is 3.44. The van der Waals surface area contributed by atoms with Gasteiger partial charge < -0.3 is 4.74 Å². The van der Waals surface area contributed by atoms with Crippen LogP contribution in [0.5, 0.6) is 0 Å². The first-order chi connectivity index (χ1) is 10.4. The zero-order valence-electron chi connectivity index (χ0n) is 12.6. The van der Waals surface area contributed by atoms with Crippen LogP contribution in [0.1, 0.15) is 37.4 Å². The van der Waals surface area contributed by atoms with Gasteiger partial charge in [0.2, 0.25) is 5.78 Å². The molecule has 0 saturated heterocycles. The van der Waals surface area contributed by atoms with Crippen molar-refractivity contribution in [1.29, 1.82) is 0 Å². The van der Waals surface area contributed by atoms with E-state index in [1.54, 1.807) is 0 Å². The first-order valence-electron chi connectivity index (χ1n) is 6.78. The molecule has 0 aliphatic rings. The minimum Gasteiger partial charge on any atom is -0.454 e. The number of halogens is 1. The molecule has 0 spiro atoms. The maximum atomic E-state index is 12.2. The lowest BCUT2D eigenvalue weighted by molar-refractivity contribution is 0.0474. The van der Waals surface area contributed by atoms with E-state index in [9.17, 15) is 9.59 Å². The van der Waals surface area contributed by atoms with E-state index in [1.807, 2.05) is 32.9 Å². The minimum absolute atomic E-state index is 0.200. The smallest absolute Gasteiger partial charge is 0.338 e. The van der Waals surface area contributed by atoms with Gasteiger partial charge in [0.25, 0.3) is 0 Å². The number of aryl methyl sites for hydroxylation is 3. The topological polar surface area (TPSA) is 56.3 Å². The molecule has 114 valence electrons. The van der Waals surface area contributed by atoms with E-state index in [0.29, 0.717) is 5.56 Å². The van der Waals surface area contributed by atoms with Crippen molar-refractivity contribution in [1.82, 2.24) is 4.98 Å². The Morgan fingerprint density at radius 1 is 1.09 bits per heavy atom. The third-order valence-corrected chi connectivity index (χ3v) is 3.64. The Morgan fingerprint density at radius 2 is 1.77 bits per heavy atom. The van der Waals surface area contributed by atoms with E-state index in [0.717, 1.165) is 16.7 Å². The number of nitrogens with zero attached hydrogens (tertiary/aromatic N) is 1. The van der Waals surface area contributed by atoms with Crippen LogP contribution in [-0.4, -0.2) is 23.3 Å². The number of hydrogen-bond donors (Lipinski definition) is 0. The summed E-state index contributed by atoms with van der Waals surface area (Å²) >= 11 is 5.71. The highest BCUT2D eigenvalue weighted by Gasteiger charge is 2.14. The Bertz CT molecular complexity index is 741. The van der Waals surface area contributed by atoms with Gasteiger partial charge in [-0.1, -0.05) is 17.7 Å². The second-order valence-electron chi connectivity index (χ2n) is 5.12. The van der Waals surface area contributed by atoms with Gasteiger partial charge >= 0.3 is 5.97 Å². The molecule has 0 unspecified atom stereocenters. The molecular weight excluding hydrogens is 302 g/mol. The zero-order chi connectivity index (χ0) is 16.3. The Labute approximate surface area is 134 Å². The van der Waals surface area contributed by atoms with Crippen LogP contribution >= 0.6 is 11.6 Å². The summed E-state index contributed by atoms with van der Waals surface area (Å²) in [6.45, 7) is 5.49. The van der Waals surface area contributed by atoms with Crippen LogP contribution < -0.4 is 0 Å². The Balaban J connectivity index is 2.07. The summed E-state index contributed by atoms with van der Waals surface area (Å²) < 4.78 is 5.05. The van der Waals surface area contributed by atoms with Crippen LogP contribution in [0.2, 0.25) is 5.15 Å². The van der Waals surface area contributed by atoms with Gasteiger partial charge in [-0.25, -0.2) is 9.78 Å². The number of pyridine rings is 1. The van der Waals surface area contributed by atoms with E-state index < -0.39 is 5.97 Å². The fraction of sp³-hybridized carbons (Fsp3) is 0.235. The summed E-state index contributed by atoms with van der Waals surface area (Å²) in [6.07, 6.45) is 1.41. The standard InChI is InChI=1S/C17H16ClNO3/c1-10-6-12(3)14(7-11(10)2)15(20)9-22-17(21)13-4-5-19-16(18)8-13/h4-8H,9H2,1-3H3. The van der Waals surface area contributed by atoms with E-state index in [2.05, 4.69) is 4.98 Å². The quantitative estimate of drug-likeness (QED) is 0.490. The molecule has 0 aliphatic heterocycles. The van der Waals surface area contributed by atoms with Crippen molar-refractivity contribution in [2.45, 2.75) is 20.8 Å². The molecule has 22 heavy (non-hydrogen) atoms. The molecule has 4 nitrogen and oxygen atoms in total. The number of aromatic nitrogens is 1. The molecule has 0 bridgehead atoms. The molecule has 0 atom stereocenters. The van der Waals surface area contributed by atoms with Crippen molar-refractivity contribution in [3.05, 3.63) is 63.4 Å². The van der Waals surface area contributed by atoms with E-state index in [4.69, 9.17) is 16.3 Å². The average Bonchev–Trinajstić information content (AvgIpc) is 2.48. The molecule has 0 amide bonds. The summed E-state index contributed by atoms with van der Waals surface area (Å²) in [7, 11) is 0. The molecule has 1 aromatic carbocycles. The minimum atomic E-state index is -0.598. The highest BCUT2D eigenvalue weighted by Crippen LogP contribution is 2.16. The van der Waals surface area contributed by atoms with Gasteiger partial charge in [-0.05, 0) is 55.7 Å². The molecule has 2 rings (SSSR count). The van der Waals surface area contributed by atoms with Crippen molar-refractivity contribution in [3.63, 3.8) is 0 Å². The van der Waals surface area contributed by atoms with Gasteiger partial charge in [0.15, 0.2) is 6.61 Å². The predicted octanol–water partition coefficient (Wildman–Crippen LogP) is 3.70. The second-order valence-corrected chi connectivity index (χ2v) is 5.51. The molecule has 2 aromatic rings. The Morgan fingerprint density at radius 3 is 2.45 bits per heavy atom. The number of ether oxygens (including phenoxy) is 1. The highest BCUT2D eigenvalue weighted by molar-refractivity contribution is 6.29. The van der Waals surface area contributed by atoms with Gasteiger partial charge in [0, 0.05) is 11.8 Å². The van der Waals surface area contributed by atoms with E-state index in [-0.39, 0.29) is 23.1 Å². The summed E-state index contributed by atoms with van der Waals surface area (Å²) in [5, 5.41) is 0.200. The Hall–Kier alpha value is -2.20. The SMILES string of the molecule is Cc1cc(C)c(C(=O)COC(=O)c2ccnc(Cl)c2)cc1C. The molecule has 1 aromatic heterocycles. The summed E-state index contributed by atoms with van der Waals surface area (Å²) in [6, 6.07) is 6.66. The molecule has 0 radical (unpaired) electrons. The number of ketones is 1. The maximum Gasteiger partial charge on any atom is 0.338 e. The van der Waals surface area contributed by atoms with Gasteiger partial charge in [-0.2, -0.15) is 0 Å². The van der Waals surface area contributed by atoms with Gasteiger partial charge in [-0.3, -0.25) is 4.79 Å². The molecule has 0 saturated carbocycles. The zero-order valence-corrected chi connectivity index (χ0v) is 13.4. The van der Waals surface area contributed by atoms with E-state index >= 15 is 0 Å². The third kappa shape index (κ3) is 3.71. The maximum absolute atomic E-state index is 12.2. The molecular formula is C17H16ClNO3. The first-order valence-corrected chi connectivity index (χ1v) is 7.16. The van der Waals surface area contributed by atoms with Crippen molar-refractivity contribution in [2.24, 2.45) is 0 Å². The predicted molar refractivity (Wildman–Crippen MR) is 84.5 cm³/mol. The van der Waals surface area contributed by atoms with Crippen LogP contribution in [0, 0.1) is 20.8 Å². The summed E-state index contributed by atoms with van der Waals surface area (Å²) in [5.74, 6) is -0.826. The van der Waals surface area contributed by atoms with Gasteiger partial charge in [0.1, 0.15) is 5.15 Å². The number of benzene rings is 1. The highest BCUT2D eigenvalue weighted by atomic mass is 35.5.